The van der Waals surface area contributed by atoms with Gasteiger partial charge in [-0.15, -0.1) is 11.3 Å². The first kappa shape index (κ1) is 15.2. The van der Waals surface area contributed by atoms with Gasteiger partial charge in [0.25, 0.3) is 0 Å². The molecule has 1 heterocycles. The van der Waals surface area contributed by atoms with Crippen LogP contribution in [0.5, 0.6) is 0 Å². The molecule has 1 aromatic heterocycles. The van der Waals surface area contributed by atoms with Crippen LogP contribution in [0.1, 0.15) is 24.8 Å². The highest BCUT2D eigenvalue weighted by atomic mass is 32.1. The van der Waals surface area contributed by atoms with Crippen molar-refractivity contribution < 1.29 is 28.6 Å². The number of methoxy groups -OCH3 is 1. The Bertz CT molecular complexity index is 453. The van der Waals surface area contributed by atoms with Crippen LogP contribution in [0.2, 0.25) is 0 Å². The third-order valence-corrected chi connectivity index (χ3v) is 3.05. The molecule has 2 atom stereocenters. The molecule has 0 fully saturated rings. The van der Waals surface area contributed by atoms with E-state index in [4.69, 9.17) is 9.47 Å². The van der Waals surface area contributed by atoms with Crippen LogP contribution >= 0.6 is 11.3 Å². The van der Waals surface area contributed by atoms with Gasteiger partial charge in [-0.1, -0.05) is 6.07 Å². The van der Waals surface area contributed by atoms with E-state index in [1.54, 1.807) is 17.5 Å². The summed E-state index contributed by atoms with van der Waals surface area (Å²) < 4.78 is 14.6. The molecule has 0 radical (unpaired) electrons. The molecule has 0 amide bonds. The summed E-state index contributed by atoms with van der Waals surface area (Å²) in [7, 11) is 1.16. The van der Waals surface area contributed by atoms with Crippen molar-refractivity contribution in [2.75, 3.05) is 7.11 Å². The van der Waals surface area contributed by atoms with Gasteiger partial charge in [-0.05, 0) is 11.4 Å². The summed E-state index contributed by atoms with van der Waals surface area (Å²) in [6.45, 7) is 2.37. The average Bonchev–Trinajstić information content (AvgIpc) is 2.85. The quantitative estimate of drug-likeness (QED) is 0.602. The molecule has 0 aromatic carbocycles. The zero-order chi connectivity index (χ0) is 14.4. The molecule has 0 unspecified atom stereocenters. The Morgan fingerprint density at radius 3 is 2.21 bits per heavy atom. The molecule has 0 saturated carbocycles. The minimum Gasteiger partial charge on any atom is -0.466 e. The maximum absolute atomic E-state index is 11.7. The van der Waals surface area contributed by atoms with Crippen molar-refractivity contribution in [3.8, 4) is 0 Å². The van der Waals surface area contributed by atoms with Crippen LogP contribution in [-0.2, 0) is 28.6 Å². The maximum atomic E-state index is 11.7. The number of hydrogen-bond donors (Lipinski definition) is 0. The molecule has 0 spiro atoms. The predicted molar refractivity (Wildman–Crippen MR) is 66.4 cm³/mol. The van der Waals surface area contributed by atoms with E-state index in [2.05, 4.69) is 4.74 Å². The Hall–Kier alpha value is -1.89. The molecule has 104 valence electrons. The van der Waals surface area contributed by atoms with Crippen molar-refractivity contribution in [1.82, 2.24) is 0 Å². The highest BCUT2D eigenvalue weighted by Gasteiger charge is 2.36. The second-order valence-corrected chi connectivity index (χ2v) is 4.58. The van der Waals surface area contributed by atoms with E-state index in [1.165, 1.54) is 18.3 Å². The van der Waals surface area contributed by atoms with Gasteiger partial charge in [-0.3, -0.25) is 9.59 Å². The van der Waals surface area contributed by atoms with Crippen LogP contribution in [0, 0.1) is 0 Å². The molecule has 0 aliphatic rings. The lowest BCUT2D eigenvalue weighted by Gasteiger charge is -2.23. The highest BCUT2D eigenvalue weighted by molar-refractivity contribution is 7.10. The zero-order valence-electron chi connectivity index (χ0n) is 10.7. The van der Waals surface area contributed by atoms with Gasteiger partial charge in [0, 0.05) is 18.7 Å². The van der Waals surface area contributed by atoms with Gasteiger partial charge in [0.2, 0.25) is 6.10 Å². The summed E-state index contributed by atoms with van der Waals surface area (Å²) >= 11 is 1.28. The molecular weight excluding hydrogens is 272 g/mol. The van der Waals surface area contributed by atoms with Crippen molar-refractivity contribution in [2.24, 2.45) is 0 Å². The number of carbonyl (C=O) groups excluding carboxylic acids is 3. The fourth-order valence-electron chi connectivity index (χ4n) is 1.43. The minimum absolute atomic E-state index is 0.584. The van der Waals surface area contributed by atoms with Crippen molar-refractivity contribution in [3.05, 3.63) is 22.4 Å². The monoisotopic (exact) mass is 286 g/mol. The highest BCUT2D eigenvalue weighted by Crippen LogP contribution is 2.28. The Morgan fingerprint density at radius 1 is 1.16 bits per heavy atom. The van der Waals surface area contributed by atoms with Crippen molar-refractivity contribution in [1.29, 1.82) is 0 Å². The topological polar surface area (TPSA) is 78.9 Å². The Labute approximate surface area is 114 Å². The molecule has 0 bridgehead atoms. The normalized spacial score (nSPS) is 13.2. The number of ether oxygens (including phenoxy) is 3. The summed E-state index contributed by atoms with van der Waals surface area (Å²) in [6, 6.07) is 3.41. The Balaban J connectivity index is 3.05. The van der Waals surface area contributed by atoms with Gasteiger partial charge in [0.1, 0.15) is 0 Å². The predicted octanol–water partition coefficient (Wildman–Crippen LogP) is 1.46. The summed E-state index contributed by atoms with van der Waals surface area (Å²) in [5.74, 6) is -2.03. The SMILES string of the molecule is COC(=O)[C@@H](OC(C)=O)[C@H](OC(C)=O)c1cccs1. The smallest absolute Gasteiger partial charge is 0.351 e. The van der Waals surface area contributed by atoms with E-state index in [9.17, 15) is 14.4 Å². The van der Waals surface area contributed by atoms with Crippen molar-refractivity contribution >= 4 is 29.2 Å². The number of esters is 3. The summed E-state index contributed by atoms with van der Waals surface area (Å²) in [5, 5.41) is 1.76. The van der Waals surface area contributed by atoms with E-state index in [0.717, 1.165) is 14.0 Å². The molecule has 0 N–H and O–H groups in total. The zero-order valence-corrected chi connectivity index (χ0v) is 11.6. The van der Waals surface area contributed by atoms with E-state index >= 15 is 0 Å². The van der Waals surface area contributed by atoms with Crippen LogP contribution in [0.4, 0.5) is 0 Å². The lowest BCUT2D eigenvalue weighted by atomic mass is 10.1. The second kappa shape index (κ2) is 6.89. The van der Waals surface area contributed by atoms with Crippen molar-refractivity contribution in [3.63, 3.8) is 0 Å². The molecule has 0 aliphatic carbocycles. The van der Waals surface area contributed by atoms with Crippen LogP contribution in [0.3, 0.4) is 0 Å². The molecule has 0 aliphatic heterocycles. The van der Waals surface area contributed by atoms with Crippen LogP contribution in [-0.4, -0.2) is 31.1 Å². The number of hydrogen-bond acceptors (Lipinski definition) is 7. The fraction of sp³-hybridized carbons (Fsp3) is 0.417. The van der Waals surface area contributed by atoms with Gasteiger partial charge in [-0.25, -0.2) is 4.79 Å². The lowest BCUT2D eigenvalue weighted by molar-refractivity contribution is -0.179. The molecule has 1 aromatic rings. The van der Waals surface area contributed by atoms with Gasteiger partial charge in [-0.2, -0.15) is 0 Å². The van der Waals surface area contributed by atoms with E-state index in [0.29, 0.717) is 4.88 Å². The summed E-state index contributed by atoms with van der Waals surface area (Å²) in [6.07, 6.45) is -2.32. The number of carbonyl (C=O) groups is 3. The molecule has 0 saturated heterocycles. The lowest BCUT2D eigenvalue weighted by Crippen LogP contribution is -2.35. The van der Waals surface area contributed by atoms with Crippen LogP contribution in [0.25, 0.3) is 0 Å². The maximum Gasteiger partial charge on any atom is 0.351 e. The first-order valence-electron chi connectivity index (χ1n) is 5.41. The third-order valence-electron chi connectivity index (χ3n) is 2.12. The molecule has 1 rings (SSSR count). The average molecular weight is 286 g/mol. The number of thiophene rings is 1. The Kier molecular flexibility index (Phi) is 5.50. The third kappa shape index (κ3) is 4.36. The van der Waals surface area contributed by atoms with Gasteiger partial charge in [0.15, 0.2) is 6.10 Å². The van der Waals surface area contributed by atoms with Crippen LogP contribution in [0.15, 0.2) is 17.5 Å². The first-order chi connectivity index (χ1) is 8.95. The minimum atomic E-state index is -1.31. The molecular formula is C12H14O6S. The van der Waals surface area contributed by atoms with Gasteiger partial charge >= 0.3 is 17.9 Å². The van der Waals surface area contributed by atoms with Crippen LogP contribution < -0.4 is 0 Å². The van der Waals surface area contributed by atoms with E-state index < -0.39 is 30.1 Å². The largest absolute Gasteiger partial charge is 0.466 e. The first-order valence-corrected chi connectivity index (χ1v) is 6.29. The molecule has 7 heteroatoms. The van der Waals surface area contributed by atoms with Gasteiger partial charge < -0.3 is 14.2 Å². The van der Waals surface area contributed by atoms with E-state index in [-0.39, 0.29) is 0 Å². The second-order valence-electron chi connectivity index (χ2n) is 3.60. The van der Waals surface area contributed by atoms with Gasteiger partial charge in [0.05, 0.1) is 7.11 Å². The molecule has 19 heavy (non-hydrogen) atoms. The van der Waals surface area contributed by atoms with Crippen molar-refractivity contribution in [2.45, 2.75) is 26.1 Å². The summed E-state index contributed by atoms with van der Waals surface area (Å²) in [4.78, 5) is 34.5. The molecule has 6 nitrogen and oxygen atoms in total. The van der Waals surface area contributed by atoms with E-state index in [1.807, 2.05) is 0 Å². The Morgan fingerprint density at radius 2 is 1.79 bits per heavy atom. The summed E-state index contributed by atoms with van der Waals surface area (Å²) in [5.41, 5.74) is 0. The number of rotatable bonds is 5. The standard InChI is InChI=1S/C12H14O6S/c1-7(13)17-10(9-5-4-6-19-9)11(12(15)16-3)18-8(2)14/h4-6,10-11H,1-3H3/t10-,11+/m1/s1. The fourth-order valence-corrected chi connectivity index (χ4v) is 2.21.